The molecule has 0 radical (unpaired) electrons. The van der Waals surface area contributed by atoms with Crippen LogP contribution < -0.4 is 0 Å². The summed E-state index contributed by atoms with van der Waals surface area (Å²) >= 11 is 0. The van der Waals surface area contributed by atoms with Gasteiger partial charge in [-0.25, -0.2) is 0 Å². The summed E-state index contributed by atoms with van der Waals surface area (Å²) in [5.41, 5.74) is 0. The van der Waals surface area contributed by atoms with Gasteiger partial charge in [0, 0.05) is 0 Å². The molecule has 2 nitrogen and oxygen atoms in total. The fourth-order valence-electron chi connectivity index (χ4n) is 0.399. The molecule has 0 amide bonds. The lowest BCUT2D eigenvalue weighted by Gasteiger charge is -2.09. The van der Waals surface area contributed by atoms with Crippen LogP contribution in [0.2, 0.25) is 0 Å². The van der Waals surface area contributed by atoms with Gasteiger partial charge in [0.25, 0.3) is 0 Å². The standard InChI is InChI=1S/C6H12O2/c1-3-5(7)6(8)4-2/h3,5-8H,1,4H2,2H3/t5-,6-/m1/s1. The third-order valence-electron chi connectivity index (χ3n) is 1.05. The minimum atomic E-state index is -0.764. The van der Waals surface area contributed by atoms with Crippen molar-refractivity contribution in [1.82, 2.24) is 0 Å². The lowest BCUT2D eigenvalue weighted by atomic mass is 10.1. The first-order valence-electron chi connectivity index (χ1n) is 2.71. The van der Waals surface area contributed by atoms with E-state index in [2.05, 4.69) is 6.58 Å². The molecular formula is C6H12O2. The van der Waals surface area contributed by atoms with Gasteiger partial charge in [-0.3, -0.25) is 0 Å². The Kier molecular flexibility index (Phi) is 3.48. The van der Waals surface area contributed by atoms with Crippen LogP contribution in [0.3, 0.4) is 0 Å². The summed E-state index contributed by atoms with van der Waals surface area (Å²) in [6.07, 6.45) is 0.481. The van der Waals surface area contributed by atoms with Crippen molar-refractivity contribution < 1.29 is 10.2 Å². The third-order valence-corrected chi connectivity index (χ3v) is 1.05. The van der Waals surface area contributed by atoms with Crippen molar-refractivity contribution >= 4 is 0 Å². The van der Waals surface area contributed by atoms with Gasteiger partial charge in [0.05, 0.1) is 12.2 Å². The molecule has 8 heavy (non-hydrogen) atoms. The van der Waals surface area contributed by atoms with Crippen LogP contribution in [0.5, 0.6) is 0 Å². The van der Waals surface area contributed by atoms with E-state index in [4.69, 9.17) is 10.2 Å². The van der Waals surface area contributed by atoms with E-state index in [0.717, 1.165) is 0 Å². The first-order valence-corrected chi connectivity index (χ1v) is 2.71. The molecule has 0 fully saturated rings. The van der Waals surface area contributed by atoms with Crippen molar-refractivity contribution in [3.63, 3.8) is 0 Å². The molecule has 0 spiro atoms. The van der Waals surface area contributed by atoms with E-state index in [0.29, 0.717) is 6.42 Å². The van der Waals surface area contributed by atoms with Gasteiger partial charge in [-0.1, -0.05) is 13.0 Å². The Morgan fingerprint density at radius 2 is 2.12 bits per heavy atom. The summed E-state index contributed by atoms with van der Waals surface area (Å²) in [5.74, 6) is 0. The number of hydrogen-bond acceptors (Lipinski definition) is 2. The number of rotatable bonds is 3. The van der Waals surface area contributed by atoms with Crippen molar-refractivity contribution in [3.8, 4) is 0 Å². The molecule has 0 saturated carbocycles. The average molecular weight is 116 g/mol. The second kappa shape index (κ2) is 3.64. The SMILES string of the molecule is C=C[C@@H](O)[C@H](O)CC. The van der Waals surface area contributed by atoms with Crippen molar-refractivity contribution in [2.24, 2.45) is 0 Å². The third kappa shape index (κ3) is 2.09. The maximum absolute atomic E-state index is 8.81. The van der Waals surface area contributed by atoms with Crippen LogP contribution in [0.4, 0.5) is 0 Å². The first kappa shape index (κ1) is 7.66. The van der Waals surface area contributed by atoms with E-state index in [9.17, 15) is 0 Å². The minimum Gasteiger partial charge on any atom is -0.390 e. The number of aliphatic hydroxyl groups excluding tert-OH is 2. The Hall–Kier alpha value is -0.340. The molecule has 0 aliphatic carbocycles. The van der Waals surface area contributed by atoms with Crippen LogP contribution >= 0.6 is 0 Å². The fourth-order valence-corrected chi connectivity index (χ4v) is 0.399. The summed E-state index contributed by atoms with van der Waals surface area (Å²) in [6, 6.07) is 0. The maximum atomic E-state index is 8.81. The molecule has 0 rings (SSSR count). The molecule has 0 aromatic heterocycles. The zero-order valence-corrected chi connectivity index (χ0v) is 5.04. The highest BCUT2D eigenvalue weighted by Crippen LogP contribution is 1.97. The highest BCUT2D eigenvalue weighted by atomic mass is 16.3. The normalized spacial score (nSPS) is 17.4. The Bertz CT molecular complexity index is 70.9. The minimum absolute atomic E-state index is 0.563. The van der Waals surface area contributed by atoms with Crippen molar-refractivity contribution in [3.05, 3.63) is 12.7 Å². The zero-order valence-electron chi connectivity index (χ0n) is 5.04. The van der Waals surface area contributed by atoms with Crippen molar-refractivity contribution in [1.29, 1.82) is 0 Å². The molecule has 2 atom stereocenters. The maximum Gasteiger partial charge on any atom is 0.0977 e. The van der Waals surface area contributed by atoms with E-state index >= 15 is 0 Å². The van der Waals surface area contributed by atoms with E-state index in [1.165, 1.54) is 6.08 Å². The predicted octanol–water partition coefficient (Wildman–Crippen LogP) is 0.304. The van der Waals surface area contributed by atoms with Crippen LogP contribution in [-0.2, 0) is 0 Å². The van der Waals surface area contributed by atoms with Gasteiger partial charge < -0.3 is 10.2 Å². The summed E-state index contributed by atoms with van der Waals surface area (Å²) in [7, 11) is 0. The van der Waals surface area contributed by atoms with E-state index in [1.807, 2.05) is 0 Å². The molecule has 0 saturated heterocycles. The summed E-state index contributed by atoms with van der Waals surface area (Å²) in [4.78, 5) is 0. The molecule has 48 valence electrons. The Labute approximate surface area is 49.5 Å². The van der Waals surface area contributed by atoms with Crippen LogP contribution in [0, 0.1) is 0 Å². The topological polar surface area (TPSA) is 40.5 Å². The highest BCUT2D eigenvalue weighted by Gasteiger charge is 2.07. The predicted molar refractivity (Wildman–Crippen MR) is 32.5 cm³/mol. The molecule has 0 aromatic carbocycles. The van der Waals surface area contributed by atoms with Gasteiger partial charge in [-0.15, -0.1) is 6.58 Å². The summed E-state index contributed by atoms with van der Waals surface area (Å²) in [5, 5.41) is 17.6. The Morgan fingerprint density at radius 1 is 1.62 bits per heavy atom. The second-order valence-electron chi connectivity index (χ2n) is 1.70. The first-order chi connectivity index (χ1) is 3.72. The molecule has 2 N–H and O–H groups in total. The molecular weight excluding hydrogens is 104 g/mol. The van der Waals surface area contributed by atoms with Crippen LogP contribution in [0.15, 0.2) is 12.7 Å². The number of aliphatic hydroxyl groups is 2. The Balaban J connectivity index is 3.44. The molecule has 0 bridgehead atoms. The average Bonchev–Trinajstić information content (AvgIpc) is 1.84. The molecule has 0 unspecified atom stereocenters. The lowest BCUT2D eigenvalue weighted by molar-refractivity contribution is 0.0468. The number of hydrogen-bond donors (Lipinski definition) is 2. The van der Waals surface area contributed by atoms with Crippen LogP contribution in [0.25, 0.3) is 0 Å². The van der Waals surface area contributed by atoms with Gasteiger partial charge >= 0.3 is 0 Å². The van der Waals surface area contributed by atoms with Crippen LogP contribution in [0.1, 0.15) is 13.3 Å². The summed E-state index contributed by atoms with van der Waals surface area (Å²) < 4.78 is 0. The molecule has 0 heterocycles. The second-order valence-corrected chi connectivity index (χ2v) is 1.70. The van der Waals surface area contributed by atoms with Gasteiger partial charge in [-0.05, 0) is 6.42 Å². The quantitative estimate of drug-likeness (QED) is 0.521. The van der Waals surface area contributed by atoms with E-state index in [-0.39, 0.29) is 0 Å². The van der Waals surface area contributed by atoms with Crippen molar-refractivity contribution in [2.45, 2.75) is 25.6 Å². The molecule has 0 aromatic rings. The van der Waals surface area contributed by atoms with Gasteiger partial charge in [0.2, 0.25) is 0 Å². The fraction of sp³-hybridized carbons (Fsp3) is 0.667. The van der Waals surface area contributed by atoms with E-state index < -0.39 is 12.2 Å². The lowest BCUT2D eigenvalue weighted by Crippen LogP contribution is -2.21. The van der Waals surface area contributed by atoms with Crippen molar-refractivity contribution in [2.75, 3.05) is 0 Å². The van der Waals surface area contributed by atoms with Gasteiger partial charge in [-0.2, -0.15) is 0 Å². The van der Waals surface area contributed by atoms with E-state index in [1.54, 1.807) is 6.92 Å². The van der Waals surface area contributed by atoms with Gasteiger partial charge in [0.15, 0.2) is 0 Å². The highest BCUT2D eigenvalue weighted by molar-refractivity contribution is 4.83. The molecule has 0 aliphatic heterocycles. The zero-order chi connectivity index (χ0) is 6.57. The largest absolute Gasteiger partial charge is 0.390 e. The smallest absolute Gasteiger partial charge is 0.0977 e. The van der Waals surface area contributed by atoms with Gasteiger partial charge in [0.1, 0.15) is 0 Å². The molecule has 0 aliphatic rings. The van der Waals surface area contributed by atoms with Crippen LogP contribution in [-0.4, -0.2) is 22.4 Å². The summed E-state index contributed by atoms with van der Waals surface area (Å²) in [6.45, 7) is 5.12. The Morgan fingerprint density at radius 3 is 2.25 bits per heavy atom. The molecule has 2 heteroatoms. The monoisotopic (exact) mass is 116 g/mol.